The Morgan fingerprint density at radius 1 is 1.00 bits per heavy atom. The minimum atomic E-state index is -0.718. The highest BCUT2D eigenvalue weighted by Gasteiger charge is 2.32. The average Bonchev–Trinajstić information content (AvgIpc) is 2.62. The van der Waals surface area contributed by atoms with Crippen molar-refractivity contribution in [3.63, 3.8) is 0 Å². The zero-order valence-electron chi connectivity index (χ0n) is 13.3. The van der Waals surface area contributed by atoms with Crippen molar-refractivity contribution < 1.29 is 14.7 Å². The van der Waals surface area contributed by atoms with E-state index >= 15 is 0 Å². The summed E-state index contributed by atoms with van der Waals surface area (Å²) < 4.78 is 0. The van der Waals surface area contributed by atoms with Crippen LogP contribution in [0.4, 0.5) is 0 Å². The quantitative estimate of drug-likeness (QED) is 0.932. The summed E-state index contributed by atoms with van der Waals surface area (Å²) in [7, 11) is 0. The van der Waals surface area contributed by atoms with Crippen molar-refractivity contribution in [2.75, 3.05) is 13.1 Å². The number of carboxylic acids is 1. The lowest BCUT2D eigenvalue weighted by molar-refractivity contribution is -0.145. The predicted octanol–water partition coefficient (Wildman–Crippen LogP) is 3.19. The molecular formula is C19H23NO3. The van der Waals surface area contributed by atoms with Crippen LogP contribution in [0.3, 0.4) is 0 Å². The molecule has 1 aliphatic carbocycles. The smallest absolute Gasteiger partial charge is 0.306 e. The Kier molecular flexibility index (Phi) is 4.79. The summed E-state index contributed by atoms with van der Waals surface area (Å²) in [6.45, 7) is 1.43. The normalized spacial score (nSPS) is 24.9. The van der Waals surface area contributed by atoms with Crippen molar-refractivity contribution in [1.29, 1.82) is 0 Å². The fourth-order valence-electron chi connectivity index (χ4n) is 3.63. The van der Waals surface area contributed by atoms with Gasteiger partial charge in [0.15, 0.2) is 0 Å². The second kappa shape index (κ2) is 6.99. The summed E-state index contributed by atoms with van der Waals surface area (Å²) in [6, 6.07) is 10.3. The van der Waals surface area contributed by atoms with Crippen molar-refractivity contribution in [3.05, 3.63) is 42.0 Å². The number of benzene rings is 1. The minimum Gasteiger partial charge on any atom is -0.481 e. The van der Waals surface area contributed by atoms with E-state index in [0.717, 1.165) is 13.0 Å². The topological polar surface area (TPSA) is 57.6 Å². The van der Waals surface area contributed by atoms with Gasteiger partial charge in [-0.05, 0) is 43.2 Å². The van der Waals surface area contributed by atoms with Gasteiger partial charge in [0.25, 0.3) is 0 Å². The average molecular weight is 313 g/mol. The first-order chi connectivity index (χ1) is 11.1. The standard InChI is InChI=1S/C19H23NO3/c21-18(16-6-8-17(9-7-16)19(22)23)20-12-10-15(11-13-20)14-4-2-1-3-5-14/h1-5,10,16-17H,6-9,11-13H2,(H,22,23). The van der Waals surface area contributed by atoms with Gasteiger partial charge in [0.05, 0.1) is 5.92 Å². The molecule has 0 radical (unpaired) electrons. The van der Waals surface area contributed by atoms with E-state index in [1.54, 1.807) is 0 Å². The van der Waals surface area contributed by atoms with Crippen LogP contribution in [0.5, 0.6) is 0 Å². The molecule has 0 bridgehead atoms. The molecule has 1 fully saturated rings. The third-order valence-corrected chi connectivity index (χ3v) is 5.09. The summed E-state index contributed by atoms with van der Waals surface area (Å²) in [6.07, 6.45) is 5.72. The number of carbonyl (C=O) groups is 2. The first-order valence-electron chi connectivity index (χ1n) is 8.41. The van der Waals surface area contributed by atoms with Gasteiger partial charge in [-0.2, -0.15) is 0 Å². The van der Waals surface area contributed by atoms with Crippen LogP contribution >= 0.6 is 0 Å². The highest BCUT2D eigenvalue weighted by atomic mass is 16.4. The highest BCUT2D eigenvalue weighted by Crippen LogP contribution is 2.31. The van der Waals surface area contributed by atoms with E-state index in [-0.39, 0.29) is 17.7 Å². The van der Waals surface area contributed by atoms with Gasteiger partial charge in [-0.1, -0.05) is 36.4 Å². The molecule has 2 aliphatic rings. The van der Waals surface area contributed by atoms with Crippen LogP contribution in [0.25, 0.3) is 5.57 Å². The number of amides is 1. The molecule has 0 saturated heterocycles. The lowest BCUT2D eigenvalue weighted by atomic mass is 9.81. The maximum absolute atomic E-state index is 12.6. The molecule has 4 heteroatoms. The minimum absolute atomic E-state index is 0.0114. The van der Waals surface area contributed by atoms with Gasteiger partial charge in [0.2, 0.25) is 5.91 Å². The first-order valence-corrected chi connectivity index (χ1v) is 8.41. The molecule has 0 spiro atoms. The van der Waals surface area contributed by atoms with Gasteiger partial charge in [0, 0.05) is 19.0 Å². The fourth-order valence-corrected chi connectivity index (χ4v) is 3.63. The number of rotatable bonds is 3. The molecule has 1 heterocycles. The molecule has 3 rings (SSSR count). The lowest BCUT2D eigenvalue weighted by Gasteiger charge is -2.32. The van der Waals surface area contributed by atoms with Crippen molar-refractivity contribution >= 4 is 17.4 Å². The Labute approximate surface area is 136 Å². The highest BCUT2D eigenvalue weighted by molar-refractivity contribution is 5.81. The summed E-state index contributed by atoms with van der Waals surface area (Å²) in [5, 5.41) is 9.05. The zero-order chi connectivity index (χ0) is 16.2. The number of carbonyl (C=O) groups excluding carboxylic acids is 1. The van der Waals surface area contributed by atoms with Gasteiger partial charge >= 0.3 is 5.97 Å². The fraction of sp³-hybridized carbons (Fsp3) is 0.474. The van der Waals surface area contributed by atoms with Crippen molar-refractivity contribution in [2.24, 2.45) is 11.8 Å². The third kappa shape index (κ3) is 3.63. The molecule has 0 unspecified atom stereocenters. The van der Waals surface area contributed by atoms with Crippen LogP contribution < -0.4 is 0 Å². The molecular weight excluding hydrogens is 290 g/mol. The van der Waals surface area contributed by atoms with E-state index in [1.165, 1.54) is 11.1 Å². The molecule has 0 atom stereocenters. The lowest BCUT2D eigenvalue weighted by Crippen LogP contribution is -2.40. The van der Waals surface area contributed by atoms with E-state index in [9.17, 15) is 9.59 Å². The Bertz CT molecular complexity index is 600. The number of hydrogen-bond donors (Lipinski definition) is 1. The van der Waals surface area contributed by atoms with Crippen LogP contribution in [-0.4, -0.2) is 35.0 Å². The van der Waals surface area contributed by atoms with Crippen molar-refractivity contribution in [3.8, 4) is 0 Å². The van der Waals surface area contributed by atoms with Gasteiger partial charge in [0.1, 0.15) is 0 Å². The Hall–Kier alpha value is -2.10. The predicted molar refractivity (Wildman–Crippen MR) is 88.7 cm³/mol. The van der Waals surface area contributed by atoms with E-state index < -0.39 is 5.97 Å². The molecule has 122 valence electrons. The monoisotopic (exact) mass is 313 g/mol. The molecule has 4 nitrogen and oxygen atoms in total. The summed E-state index contributed by atoms with van der Waals surface area (Å²) >= 11 is 0. The molecule has 1 aliphatic heterocycles. The number of nitrogens with zero attached hydrogens (tertiary/aromatic N) is 1. The van der Waals surface area contributed by atoms with Crippen molar-refractivity contribution in [2.45, 2.75) is 32.1 Å². The number of hydrogen-bond acceptors (Lipinski definition) is 2. The molecule has 0 aromatic heterocycles. The van der Waals surface area contributed by atoms with Gasteiger partial charge in [-0.15, -0.1) is 0 Å². The van der Waals surface area contributed by atoms with Gasteiger partial charge < -0.3 is 10.0 Å². The van der Waals surface area contributed by atoms with Crippen LogP contribution in [0.2, 0.25) is 0 Å². The molecule has 1 aromatic rings. The Morgan fingerprint density at radius 3 is 2.22 bits per heavy atom. The second-order valence-corrected chi connectivity index (χ2v) is 6.52. The second-order valence-electron chi connectivity index (χ2n) is 6.52. The third-order valence-electron chi connectivity index (χ3n) is 5.09. The summed E-state index contributed by atoms with van der Waals surface area (Å²) in [4.78, 5) is 25.6. The molecule has 1 N–H and O–H groups in total. The van der Waals surface area contributed by atoms with E-state index in [2.05, 4.69) is 18.2 Å². The van der Waals surface area contributed by atoms with Gasteiger partial charge in [-0.3, -0.25) is 9.59 Å². The molecule has 1 aromatic carbocycles. The first kappa shape index (κ1) is 15.8. The van der Waals surface area contributed by atoms with Crippen LogP contribution in [0.1, 0.15) is 37.7 Å². The van der Waals surface area contributed by atoms with Crippen LogP contribution in [0.15, 0.2) is 36.4 Å². The van der Waals surface area contributed by atoms with Crippen LogP contribution in [0, 0.1) is 11.8 Å². The molecule has 1 amide bonds. The maximum Gasteiger partial charge on any atom is 0.306 e. The molecule has 23 heavy (non-hydrogen) atoms. The summed E-state index contributed by atoms with van der Waals surface area (Å²) in [5.41, 5.74) is 2.55. The van der Waals surface area contributed by atoms with E-state index in [0.29, 0.717) is 32.2 Å². The number of carboxylic acid groups (broad SMARTS) is 1. The maximum atomic E-state index is 12.6. The zero-order valence-corrected chi connectivity index (χ0v) is 13.3. The van der Waals surface area contributed by atoms with Crippen molar-refractivity contribution in [1.82, 2.24) is 4.90 Å². The van der Waals surface area contributed by atoms with Crippen LogP contribution in [-0.2, 0) is 9.59 Å². The largest absolute Gasteiger partial charge is 0.481 e. The SMILES string of the molecule is O=C(O)C1CCC(C(=O)N2CC=C(c3ccccc3)CC2)CC1. The van der Waals surface area contributed by atoms with E-state index in [4.69, 9.17) is 5.11 Å². The summed E-state index contributed by atoms with van der Waals surface area (Å²) in [5.74, 6) is -0.760. The Morgan fingerprint density at radius 2 is 1.65 bits per heavy atom. The Balaban J connectivity index is 1.56. The van der Waals surface area contributed by atoms with Gasteiger partial charge in [-0.25, -0.2) is 0 Å². The molecule has 1 saturated carbocycles. The number of aliphatic carboxylic acids is 1. The van der Waals surface area contributed by atoms with E-state index in [1.807, 2.05) is 23.1 Å².